The van der Waals surface area contributed by atoms with E-state index in [2.05, 4.69) is 15.8 Å². The maximum absolute atomic E-state index is 14.2. The molecule has 2 aromatic heterocycles. The van der Waals surface area contributed by atoms with Crippen LogP contribution in [0, 0.1) is 15.3 Å². The molecule has 6 nitrogen and oxygen atoms in total. The smallest absolute Gasteiger partial charge is 0.312 e. The van der Waals surface area contributed by atoms with Crippen molar-refractivity contribution in [2.24, 2.45) is 5.92 Å². The fourth-order valence-electron chi connectivity index (χ4n) is 2.51. The summed E-state index contributed by atoms with van der Waals surface area (Å²) in [7, 11) is 0. The number of rotatable bonds is 6. The lowest BCUT2D eigenvalue weighted by Gasteiger charge is -2.09. The fourth-order valence-corrected chi connectivity index (χ4v) is 2.96. The molecule has 2 heterocycles. The second-order valence-corrected chi connectivity index (χ2v) is 7.36. The van der Waals surface area contributed by atoms with E-state index in [1.807, 2.05) is 22.6 Å². The first kappa shape index (κ1) is 17.2. The summed E-state index contributed by atoms with van der Waals surface area (Å²) >= 11 is 2.03. The van der Waals surface area contributed by atoms with Crippen molar-refractivity contribution in [1.82, 2.24) is 10.5 Å². The maximum Gasteiger partial charge on any atom is 0.312 e. The molecule has 0 spiro atoms. The molecule has 8 heteroatoms. The van der Waals surface area contributed by atoms with Crippen molar-refractivity contribution in [3.8, 4) is 0 Å². The van der Waals surface area contributed by atoms with Gasteiger partial charge in [0.05, 0.1) is 17.7 Å². The zero-order chi connectivity index (χ0) is 18.1. The first-order valence-electron chi connectivity index (χ1n) is 8.12. The van der Waals surface area contributed by atoms with Crippen LogP contribution < -0.4 is 10.8 Å². The fraction of sp³-hybridized carbons (Fsp3) is 0.222. The van der Waals surface area contributed by atoms with Gasteiger partial charge in [0.15, 0.2) is 0 Å². The average molecular weight is 467 g/mol. The van der Waals surface area contributed by atoms with Gasteiger partial charge in [-0.2, -0.15) is 0 Å². The number of aromatic nitrogens is 1. The molecule has 4 rings (SSSR count). The molecule has 3 aromatic rings. The van der Waals surface area contributed by atoms with Crippen molar-refractivity contribution in [3.63, 3.8) is 0 Å². The van der Waals surface area contributed by atoms with Gasteiger partial charge in [-0.15, -0.1) is 0 Å². The lowest BCUT2D eigenvalue weighted by Crippen LogP contribution is -2.25. The van der Waals surface area contributed by atoms with Gasteiger partial charge in [-0.1, -0.05) is 0 Å². The normalized spacial score (nSPS) is 13.8. The van der Waals surface area contributed by atoms with Crippen LogP contribution in [0.4, 0.5) is 15.8 Å². The number of hydroxylamine groups is 1. The number of hydrogen-bond donors (Lipinski definition) is 2. The molecule has 0 aliphatic heterocycles. The number of halogens is 2. The number of pyridine rings is 1. The van der Waals surface area contributed by atoms with Crippen LogP contribution in [-0.4, -0.2) is 17.5 Å². The molecule has 0 saturated heterocycles. The Morgan fingerprint density at radius 2 is 2.23 bits per heavy atom. The van der Waals surface area contributed by atoms with Gasteiger partial charge < -0.3 is 9.73 Å². The van der Waals surface area contributed by atoms with Gasteiger partial charge in [0.1, 0.15) is 17.1 Å². The lowest BCUT2D eigenvalue weighted by atomic mass is 10.2. The summed E-state index contributed by atoms with van der Waals surface area (Å²) < 4.78 is 20.7. The van der Waals surface area contributed by atoms with Crippen molar-refractivity contribution >= 4 is 50.8 Å². The summed E-state index contributed by atoms with van der Waals surface area (Å²) in [5, 5.41) is 3.54. The van der Waals surface area contributed by atoms with Crippen LogP contribution in [0.15, 0.2) is 41.1 Å². The van der Waals surface area contributed by atoms with Crippen molar-refractivity contribution in [3.05, 3.63) is 51.8 Å². The molecule has 1 fully saturated rings. The predicted octanol–water partition coefficient (Wildman–Crippen LogP) is 4.39. The average Bonchev–Trinajstić information content (AvgIpc) is 3.37. The molecule has 1 aliphatic carbocycles. The third-order valence-corrected chi connectivity index (χ3v) is 4.74. The zero-order valence-electron chi connectivity index (χ0n) is 13.6. The Hall–Kier alpha value is -2.20. The molecule has 1 amide bonds. The number of amides is 1. The van der Waals surface area contributed by atoms with Crippen LogP contribution in [0.25, 0.3) is 11.0 Å². The van der Waals surface area contributed by atoms with Crippen LogP contribution >= 0.6 is 22.6 Å². The molecule has 1 saturated carbocycles. The second-order valence-electron chi connectivity index (χ2n) is 6.11. The minimum absolute atomic E-state index is 0.0155. The Morgan fingerprint density at radius 3 is 3.00 bits per heavy atom. The molecular formula is C18H15FIN3O3. The molecule has 134 valence electrons. The maximum atomic E-state index is 14.2. The van der Waals surface area contributed by atoms with E-state index in [0.717, 1.165) is 16.4 Å². The van der Waals surface area contributed by atoms with Gasteiger partial charge >= 0.3 is 5.91 Å². The molecule has 1 aliphatic rings. The third kappa shape index (κ3) is 3.65. The van der Waals surface area contributed by atoms with E-state index in [-0.39, 0.29) is 11.4 Å². The van der Waals surface area contributed by atoms with E-state index in [9.17, 15) is 9.18 Å². The molecule has 2 N–H and O–H groups in total. The van der Waals surface area contributed by atoms with E-state index < -0.39 is 11.7 Å². The third-order valence-electron chi connectivity index (χ3n) is 4.07. The number of carbonyl (C=O) groups is 1. The Bertz CT molecular complexity index is 971. The van der Waals surface area contributed by atoms with Crippen LogP contribution in [0.1, 0.15) is 23.4 Å². The number of anilines is 2. The predicted molar refractivity (Wildman–Crippen MR) is 103 cm³/mol. The van der Waals surface area contributed by atoms with E-state index in [0.29, 0.717) is 29.2 Å². The highest BCUT2D eigenvalue weighted by Gasteiger charge is 2.25. The first-order chi connectivity index (χ1) is 12.6. The van der Waals surface area contributed by atoms with E-state index >= 15 is 0 Å². The SMILES string of the molecule is O=C(NOCC1CC1)c1oc2ccncc2c1Nc1ccc(I)cc1F. The van der Waals surface area contributed by atoms with Gasteiger partial charge in [-0.25, -0.2) is 9.87 Å². The highest BCUT2D eigenvalue weighted by atomic mass is 127. The number of benzene rings is 1. The minimum atomic E-state index is -0.532. The monoisotopic (exact) mass is 467 g/mol. The van der Waals surface area contributed by atoms with Crippen molar-refractivity contribution in [2.45, 2.75) is 12.8 Å². The summed E-state index contributed by atoms with van der Waals surface area (Å²) in [6.07, 6.45) is 5.36. The summed E-state index contributed by atoms with van der Waals surface area (Å²) in [6, 6.07) is 6.43. The summed E-state index contributed by atoms with van der Waals surface area (Å²) in [5.74, 6) is -0.433. The van der Waals surface area contributed by atoms with Crippen LogP contribution in [0.3, 0.4) is 0 Å². The topological polar surface area (TPSA) is 76.4 Å². The zero-order valence-corrected chi connectivity index (χ0v) is 15.7. The Labute approximate surface area is 162 Å². The van der Waals surface area contributed by atoms with Crippen molar-refractivity contribution in [1.29, 1.82) is 0 Å². The summed E-state index contributed by atoms with van der Waals surface area (Å²) in [5.41, 5.74) is 3.45. The summed E-state index contributed by atoms with van der Waals surface area (Å²) in [6.45, 7) is 0.474. The van der Waals surface area contributed by atoms with Gasteiger partial charge in [0.25, 0.3) is 0 Å². The highest BCUT2D eigenvalue weighted by Crippen LogP contribution is 2.34. The summed E-state index contributed by atoms with van der Waals surface area (Å²) in [4.78, 5) is 21.8. The molecule has 1 aromatic carbocycles. The van der Waals surface area contributed by atoms with Crippen LogP contribution in [0.2, 0.25) is 0 Å². The Morgan fingerprint density at radius 1 is 1.38 bits per heavy atom. The van der Waals surface area contributed by atoms with E-state index in [1.165, 1.54) is 6.07 Å². The Kier molecular flexibility index (Phi) is 4.77. The first-order valence-corrected chi connectivity index (χ1v) is 9.20. The van der Waals surface area contributed by atoms with Crippen LogP contribution in [0.5, 0.6) is 0 Å². The molecule has 0 atom stereocenters. The van der Waals surface area contributed by atoms with Crippen LogP contribution in [-0.2, 0) is 4.84 Å². The molecular weight excluding hydrogens is 452 g/mol. The number of furan rings is 1. The number of carbonyl (C=O) groups excluding carboxylic acids is 1. The van der Waals surface area contributed by atoms with Gasteiger partial charge in [-0.3, -0.25) is 14.6 Å². The molecule has 26 heavy (non-hydrogen) atoms. The van der Waals surface area contributed by atoms with Crippen molar-refractivity contribution in [2.75, 3.05) is 11.9 Å². The highest BCUT2D eigenvalue weighted by molar-refractivity contribution is 14.1. The molecule has 0 radical (unpaired) electrons. The Balaban J connectivity index is 1.65. The van der Waals surface area contributed by atoms with Gasteiger partial charge in [0.2, 0.25) is 5.76 Å². The number of nitrogens with one attached hydrogen (secondary N) is 2. The molecule has 0 bridgehead atoms. The quantitative estimate of drug-likeness (QED) is 0.416. The standard InChI is InChI=1S/C18H15FIN3O3/c19-13-7-11(20)3-4-14(13)22-16-12-8-21-6-5-15(12)26-17(16)18(24)23-25-9-10-1-2-10/h3-8,10,22H,1-2,9H2,(H,23,24). The number of fused-ring (bicyclic) bond motifs is 1. The van der Waals surface area contributed by atoms with E-state index in [1.54, 1.807) is 30.6 Å². The second kappa shape index (κ2) is 7.20. The largest absolute Gasteiger partial charge is 0.448 e. The number of nitrogens with zero attached hydrogens (tertiary/aromatic N) is 1. The van der Waals surface area contributed by atoms with Gasteiger partial charge in [0, 0.05) is 16.0 Å². The van der Waals surface area contributed by atoms with E-state index in [4.69, 9.17) is 9.25 Å². The van der Waals surface area contributed by atoms with Crippen molar-refractivity contribution < 1.29 is 18.4 Å². The van der Waals surface area contributed by atoms with Gasteiger partial charge in [-0.05, 0) is 65.6 Å². The molecule has 0 unspecified atom stereocenters. The number of hydrogen-bond acceptors (Lipinski definition) is 5. The minimum Gasteiger partial charge on any atom is -0.448 e. The lowest BCUT2D eigenvalue weighted by molar-refractivity contribution is 0.0251.